The Hall–Kier alpha value is -0.340. The smallest absolute Gasteiger partial charge is 0.0802 e. The number of hydrogen-bond donors (Lipinski definition) is 2. The Morgan fingerprint density at radius 2 is 1.30 bits per heavy atom. The predicted octanol–water partition coefficient (Wildman–Crippen LogP) is 0.838. The van der Waals surface area contributed by atoms with Gasteiger partial charge in [-0.1, -0.05) is 12.2 Å². The molecule has 2 atom stereocenters. The van der Waals surface area contributed by atoms with E-state index in [0.717, 1.165) is 12.8 Å². The van der Waals surface area contributed by atoms with E-state index in [2.05, 4.69) is 12.2 Å². The molecule has 1 aliphatic carbocycles. The summed E-state index contributed by atoms with van der Waals surface area (Å²) in [6.07, 6.45) is 6.27. The third-order valence-electron chi connectivity index (χ3n) is 1.87. The van der Waals surface area contributed by atoms with Crippen molar-refractivity contribution >= 4 is 0 Å². The van der Waals surface area contributed by atoms with Gasteiger partial charge in [0.25, 0.3) is 0 Å². The molecule has 0 aromatic rings. The number of rotatable bonds is 0. The average molecular weight is 142 g/mol. The minimum atomic E-state index is -0.509. The van der Waals surface area contributed by atoms with Crippen molar-refractivity contribution in [1.29, 1.82) is 0 Å². The quantitative estimate of drug-likeness (QED) is 0.492. The largest absolute Gasteiger partial charge is 0.390 e. The van der Waals surface area contributed by atoms with Gasteiger partial charge >= 0.3 is 0 Å². The van der Waals surface area contributed by atoms with Crippen LogP contribution in [0.2, 0.25) is 0 Å². The summed E-state index contributed by atoms with van der Waals surface area (Å²) in [5.74, 6) is 0. The maximum Gasteiger partial charge on any atom is 0.0802 e. The first kappa shape index (κ1) is 7.76. The van der Waals surface area contributed by atoms with Crippen LogP contribution in [0.1, 0.15) is 25.7 Å². The van der Waals surface area contributed by atoms with Crippen molar-refractivity contribution in [2.75, 3.05) is 0 Å². The molecule has 0 bridgehead atoms. The van der Waals surface area contributed by atoms with Gasteiger partial charge in [0.1, 0.15) is 0 Å². The molecular weight excluding hydrogens is 128 g/mol. The van der Waals surface area contributed by atoms with Crippen molar-refractivity contribution in [3.63, 3.8) is 0 Å². The van der Waals surface area contributed by atoms with Crippen LogP contribution in [0, 0.1) is 0 Å². The Kier molecular flexibility index (Phi) is 2.90. The van der Waals surface area contributed by atoms with Crippen LogP contribution in [0.15, 0.2) is 12.2 Å². The van der Waals surface area contributed by atoms with Gasteiger partial charge in [-0.3, -0.25) is 0 Å². The summed E-state index contributed by atoms with van der Waals surface area (Å²) in [7, 11) is 0. The highest BCUT2D eigenvalue weighted by atomic mass is 16.3. The van der Waals surface area contributed by atoms with Crippen molar-refractivity contribution in [2.45, 2.75) is 37.9 Å². The molecule has 1 rings (SSSR count). The van der Waals surface area contributed by atoms with Crippen molar-refractivity contribution in [2.24, 2.45) is 0 Å². The zero-order valence-corrected chi connectivity index (χ0v) is 6.03. The Labute approximate surface area is 61.2 Å². The zero-order valence-electron chi connectivity index (χ0n) is 6.03. The fraction of sp³-hybridized carbons (Fsp3) is 0.750. The lowest BCUT2D eigenvalue weighted by Crippen LogP contribution is -2.25. The molecule has 0 aliphatic heterocycles. The predicted molar refractivity (Wildman–Crippen MR) is 39.6 cm³/mol. The van der Waals surface area contributed by atoms with Crippen molar-refractivity contribution in [1.82, 2.24) is 0 Å². The first-order chi connectivity index (χ1) is 4.80. The summed E-state index contributed by atoms with van der Waals surface area (Å²) in [5.41, 5.74) is 0. The number of hydrogen-bond acceptors (Lipinski definition) is 2. The molecule has 2 heteroatoms. The summed E-state index contributed by atoms with van der Waals surface area (Å²) in [6, 6.07) is 0. The number of allylic oxidation sites excluding steroid dienone is 2. The van der Waals surface area contributed by atoms with Crippen molar-refractivity contribution < 1.29 is 10.2 Å². The molecule has 0 unspecified atom stereocenters. The van der Waals surface area contributed by atoms with Crippen molar-refractivity contribution in [3.05, 3.63) is 12.2 Å². The third-order valence-corrected chi connectivity index (χ3v) is 1.87. The second-order valence-corrected chi connectivity index (χ2v) is 2.76. The van der Waals surface area contributed by atoms with E-state index < -0.39 is 12.2 Å². The van der Waals surface area contributed by atoms with E-state index in [1.807, 2.05) is 0 Å². The maximum atomic E-state index is 9.20. The summed E-state index contributed by atoms with van der Waals surface area (Å²) >= 11 is 0. The van der Waals surface area contributed by atoms with E-state index in [9.17, 15) is 10.2 Å². The lowest BCUT2D eigenvalue weighted by atomic mass is 10.0. The van der Waals surface area contributed by atoms with Crippen molar-refractivity contribution in [3.8, 4) is 0 Å². The highest BCUT2D eigenvalue weighted by Gasteiger charge is 2.15. The molecule has 0 aromatic heterocycles. The van der Waals surface area contributed by atoms with Gasteiger partial charge in [-0.05, 0) is 25.7 Å². The van der Waals surface area contributed by atoms with Crippen LogP contribution in [0.4, 0.5) is 0 Å². The van der Waals surface area contributed by atoms with E-state index >= 15 is 0 Å². The number of aliphatic hydroxyl groups is 2. The molecule has 0 fully saturated rings. The van der Waals surface area contributed by atoms with Crippen LogP contribution in [0.5, 0.6) is 0 Å². The Bertz CT molecular complexity index is 106. The molecule has 0 aromatic carbocycles. The van der Waals surface area contributed by atoms with Crippen LogP contribution in [0.25, 0.3) is 0 Å². The Balaban J connectivity index is 2.40. The minimum absolute atomic E-state index is 0.509. The molecule has 10 heavy (non-hydrogen) atoms. The summed E-state index contributed by atoms with van der Waals surface area (Å²) in [4.78, 5) is 0. The van der Waals surface area contributed by atoms with Gasteiger partial charge in [-0.25, -0.2) is 0 Å². The highest BCUT2D eigenvalue weighted by molar-refractivity contribution is 4.87. The van der Waals surface area contributed by atoms with Gasteiger partial charge in [0.15, 0.2) is 0 Å². The summed E-state index contributed by atoms with van der Waals surface area (Å²) < 4.78 is 0. The number of aliphatic hydroxyl groups excluding tert-OH is 2. The monoisotopic (exact) mass is 142 g/mol. The van der Waals surface area contributed by atoms with Crippen LogP contribution >= 0.6 is 0 Å². The Morgan fingerprint density at radius 3 is 1.70 bits per heavy atom. The standard InChI is InChI=1S/C8H14O2/c9-7-5-3-1-2-4-6-8(7)10/h1-2,7-10H,3-6H2/b2-1-/t7-,8-/m0/s1. The Morgan fingerprint density at radius 1 is 0.900 bits per heavy atom. The van der Waals surface area contributed by atoms with Crippen LogP contribution < -0.4 is 0 Å². The molecule has 0 amide bonds. The molecular formula is C8H14O2. The molecule has 0 saturated heterocycles. The molecule has 0 heterocycles. The maximum absolute atomic E-state index is 9.20. The van der Waals surface area contributed by atoms with E-state index in [-0.39, 0.29) is 0 Å². The fourth-order valence-electron chi connectivity index (χ4n) is 1.15. The average Bonchev–Trinajstić information content (AvgIpc) is 1.92. The van der Waals surface area contributed by atoms with E-state index in [1.54, 1.807) is 0 Å². The van der Waals surface area contributed by atoms with Crippen LogP contribution in [-0.2, 0) is 0 Å². The van der Waals surface area contributed by atoms with Gasteiger partial charge in [-0.2, -0.15) is 0 Å². The van der Waals surface area contributed by atoms with Crippen LogP contribution in [0.3, 0.4) is 0 Å². The second-order valence-electron chi connectivity index (χ2n) is 2.76. The molecule has 0 saturated carbocycles. The molecule has 2 nitrogen and oxygen atoms in total. The van der Waals surface area contributed by atoms with Gasteiger partial charge in [0, 0.05) is 0 Å². The first-order valence-electron chi connectivity index (χ1n) is 3.82. The molecule has 0 radical (unpaired) electrons. The zero-order chi connectivity index (χ0) is 7.40. The lowest BCUT2D eigenvalue weighted by molar-refractivity contribution is 0.0101. The molecule has 2 N–H and O–H groups in total. The normalized spacial score (nSPS) is 38.2. The molecule has 58 valence electrons. The molecule has 0 spiro atoms. The summed E-state index contributed by atoms with van der Waals surface area (Å²) in [5, 5.41) is 18.4. The lowest BCUT2D eigenvalue weighted by Gasteiger charge is -2.17. The van der Waals surface area contributed by atoms with Gasteiger partial charge in [-0.15, -0.1) is 0 Å². The minimum Gasteiger partial charge on any atom is -0.390 e. The molecule has 1 aliphatic rings. The second kappa shape index (κ2) is 3.74. The highest BCUT2D eigenvalue weighted by Crippen LogP contribution is 2.12. The van der Waals surface area contributed by atoms with Gasteiger partial charge in [0.2, 0.25) is 0 Å². The third kappa shape index (κ3) is 2.12. The fourth-order valence-corrected chi connectivity index (χ4v) is 1.15. The SMILES string of the molecule is O[C@H]1CC/C=C\CC[C@@H]1O. The van der Waals surface area contributed by atoms with E-state index in [4.69, 9.17) is 0 Å². The van der Waals surface area contributed by atoms with E-state index in [1.165, 1.54) is 0 Å². The topological polar surface area (TPSA) is 40.5 Å². The van der Waals surface area contributed by atoms with E-state index in [0.29, 0.717) is 12.8 Å². The van der Waals surface area contributed by atoms with Gasteiger partial charge in [0.05, 0.1) is 12.2 Å². The van der Waals surface area contributed by atoms with Crippen LogP contribution in [-0.4, -0.2) is 22.4 Å². The first-order valence-corrected chi connectivity index (χ1v) is 3.82. The van der Waals surface area contributed by atoms with Gasteiger partial charge < -0.3 is 10.2 Å². The summed E-state index contributed by atoms with van der Waals surface area (Å²) in [6.45, 7) is 0.